The van der Waals surface area contributed by atoms with Crippen LogP contribution in [-0.2, 0) is 0 Å². The maximum atomic E-state index is 12.3. The summed E-state index contributed by atoms with van der Waals surface area (Å²) < 4.78 is 12.2. The summed E-state index contributed by atoms with van der Waals surface area (Å²) in [6.07, 6.45) is -0.0214. The molecule has 1 aliphatic rings. The Bertz CT molecular complexity index is 950. The van der Waals surface area contributed by atoms with E-state index in [0.29, 0.717) is 29.7 Å². The third-order valence-electron chi connectivity index (χ3n) is 4.32. The van der Waals surface area contributed by atoms with Crippen molar-refractivity contribution >= 4 is 33.3 Å². The molecule has 0 saturated carbocycles. The number of carbonyl (C=O) groups is 1. The molecule has 2 heterocycles. The van der Waals surface area contributed by atoms with Crippen molar-refractivity contribution in [2.24, 2.45) is 0 Å². The minimum Gasteiger partial charge on any atom is -0.497 e. The van der Waals surface area contributed by atoms with E-state index >= 15 is 0 Å². The zero-order valence-corrected chi connectivity index (χ0v) is 15.4. The number of methoxy groups -OCH3 is 1. The van der Waals surface area contributed by atoms with Gasteiger partial charge in [0.05, 0.1) is 30.4 Å². The van der Waals surface area contributed by atoms with Crippen LogP contribution < -0.4 is 14.8 Å². The van der Waals surface area contributed by atoms with Gasteiger partial charge in [-0.05, 0) is 30.7 Å². The van der Waals surface area contributed by atoms with E-state index in [1.54, 1.807) is 18.1 Å². The van der Waals surface area contributed by atoms with Gasteiger partial charge in [0.2, 0.25) is 0 Å². The van der Waals surface area contributed by atoms with Gasteiger partial charge in [0.25, 0.3) is 5.19 Å². The van der Waals surface area contributed by atoms with Gasteiger partial charge < -0.3 is 19.7 Å². The molecule has 0 atom stereocenters. The zero-order valence-electron chi connectivity index (χ0n) is 14.6. The van der Waals surface area contributed by atoms with Crippen molar-refractivity contribution in [3.8, 4) is 10.9 Å². The molecule has 1 aromatic heterocycles. The molecule has 3 aromatic rings. The van der Waals surface area contributed by atoms with Gasteiger partial charge in [-0.15, -0.1) is 0 Å². The fourth-order valence-electron chi connectivity index (χ4n) is 2.84. The van der Waals surface area contributed by atoms with Crippen LogP contribution in [0.4, 0.5) is 10.5 Å². The van der Waals surface area contributed by atoms with Gasteiger partial charge >= 0.3 is 6.03 Å². The molecular weight excluding hydrogens is 350 g/mol. The number of carbonyl (C=O) groups excluding carboxylic acids is 1. The van der Waals surface area contributed by atoms with E-state index in [2.05, 4.69) is 10.3 Å². The summed E-state index contributed by atoms with van der Waals surface area (Å²) in [6, 6.07) is 13.3. The summed E-state index contributed by atoms with van der Waals surface area (Å²) in [5.41, 5.74) is 2.83. The number of anilines is 1. The van der Waals surface area contributed by atoms with Gasteiger partial charge in [0.1, 0.15) is 11.9 Å². The molecule has 0 radical (unpaired) electrons. The average Bonchev–Trinajstić information content (AvgIpc) is 3.02. The van der Waals surface area contributed by atoms with Gasteiger partial charge in [0.15, 0.2) is 0 Å². The Balaban J connectivity index is 1.33. The largest absolute Gasteiger partial charge is 0.497 e. The molecule has 7 heteroatoms. The molecular formula is C19H19N3O3S. The molecule has 1 N–H and O–H groups in total. The molecule has 0 aliphatic carbocycles. The van der Waals surface area contributed by atoms with Crippen LogP contribution in [0.5, 0.6) is 10.9 Å². The number of aromatic nitrogens is 1. The van der Waals surface area contributed by atoms with Crippen LogP contribution >= 0.6 is 11.3 Å². The second kappa shape index (κ2) is 6.84. The Morgan fingerprint density at radius 2 is 2.08 bits per heavy atom. The Hall–Kier alpha value is -2.80. The van der Waals surface area contributed by atoms with Gasteiger partial charge in [0, 0.05) is 11.8 Å². The summed E-state index contributed by atoms with van der Waals surface area (Å²) in [7, 11) is 1.60. The number of hydrogen-bond acceptors (Lipinski definition) is 5. The van der Waals surface area contributed by atoms with Crippen molar-refractivity contribution in [2.75, 3.05) is 25.5 Å². The van der Waals surface area contributed by atoms with Crippen molar-refractivity contribution in [1.82, 2.24) is 9.88 Å². The van der Waals surface area contributed by atoms with Crippen molar-refractivity contribution in [2.45, 2.75) is 13.0 Å². The normalized spacial score (nSPS) is 14.2. The number of amides is 2. The monoisotopic (exact) mass is 369 g/mol. The van der Waals surface area contributed by atoms with Gasteiger partial charge in [-0.2, -0.15) is 0 Å². The third kappa shape index (κ3) is 3.30. The predicted molar refractivity (Wildman–Crippen MR) is 102 cm³/mol. The Labute approximate surface area is 155 Å². The molecule has 1 saturated heterocycles. The molecule has 6 nitrogen and oxygen atoms in total. The van der Waals surface area contributed by atoms with E-state index < -0.39 is 0 Å². The van der Waals surface area contributed by atoms with Crippen LogP contribution in [0.15, 0.2) is 42.5 Å². The topological polar surface area (TPSA) is 63.7 Å². The molecule has 0 bridgehead atoms. The van der Waals surface area contributed by atoms with Crippen LogP contribution in [0.1, 0.15) is 5.56 Å². The van der Waals surface area contributed by atoms with Crippen molar-refractivity contribution < 1.29 is 14.3 Å². The lowest BCUT2D eigenvalue weighted by atomic mass is 10.2. The highest BCUT2D eigenvalue weighted by Crippen LogP contribution is 2.31. The van der Waals surface area contributed by atoms with E-state index in [9.17, 15) is 4.79 Å². The van der Waals surface area contributed by atoms with Crippen LogP contribution in [0, 0.1) is 6.92 Å². The van der Waals surface area contributed by atoms with Crippen molar-refractivity contribution in [1.29, 1.82) is 0 Å². The number of benzene rings is 2. The maximum Gasteiger partial charge on any atom is 0.322 e. The van der Waals surface area contributed by atoms with E-state index in [-0.39, 0.29) is 12.1 Å². The summed E-state index contributed by atoms with van der Waals surface area (Å²) in [5.74, 6) is 0.707. The SMILES string of the molecule is COc1cccc(NC(=O)N2CC(Oc3nc4c(C)cccc4s3)C2)c1. The van der Waals surface area contributed by atoms with E-state index in [0.717, 1.165) is 15.8 Å². The molecule has 1 fully saturated rings. The van der Waals surface area contributed by atoms with Gasteiger partial charge in [-0.1, -0.05) is 29.5 Å². The molecule has 2 aromatic carbocycles. The number of rotatable bonds is 4. The maximum absolute atomic E-state index is 12.3. The van der Waals surface area contributed by atoms with Crippen molar-refractivity contribution in [3.05, 3.63) is 48.0 Å². The Kier molecular flexibility index (Phi) is 4.38. The van der Waals surface area contributed by atoms with Crippen LogP contribution in [0.3, 0.4) is 0 Å². The van der Waals surface area contributed by atoms with E-state index in [1.165, 1.54) is 11.3 Å². The smallest absolute Gasteiger partial charge is 0.322 e. The van der Waals surface area contributed by atoms with Crippen molar-refractivity contribution in [3.63, 3.8) is 0 Å². The number of fused-ring (bicyclic) bond motifs is 1. The number of nitrogens with zero attached hydrogens (tertiary/aromatic N) is 2. The number of hydrogen-bond donors (Lipinski definition) is 1. The third-order valence-corrected chi connectivity index (χ3v) is 5.24. The fourth-order valence-corrected chi connectivity index (χ4v) is 3.80. The summed E-state index contributed by atoms with van der Waals surface area (Å²) in [4.78, 5) is 18.5. The van der Waals surface area contributed by atoms with Crippen LogP contribution in [-0.4, -0.2) is 42.2 Å². The fraction of sp³-hybridized carbons (Fsp3) is 0.263. The Morgan fingerprint density at radius 1 is 1.27 bits per heavy atom. The zero-order chi connectivity index (χ0) is 18.1. The summed E-state index contributed by atoms with van der Waals surface area (Å²) >= 11 is 1.54. The first-order chi connectivity index (χ1) is 12.6. The predicted octanol–water partition coefficient (Wildman–Crippen LogP) is 3.91. The lowest BCUT2D eigenvalue weighted by Crippen LogP contribution is -2.57. The molecule has 1 aliphatic heterocycles. The lowest BCUT2D eigenvalue weighted by Gasteiger charge is -2.38. The molecule has 4 rings (SSSR count). The van der Waals surface area contributed by atoms with Gasteiger partial charge in [-0.3, -0.25) is 0 Å². The highest BCUT2D eigenvalue weighted by atomic mass is 32.1. The highest BCUT2D eigenvalue weighted by molar-refractivity contribution is 7.20. The first-order valence-electron chi connectivity index (χ1n) is 8.35. The number of likely N-dealkylation sites (tertiary alicyclic amines) is 1. The number of urea groups is 1. The number of thiazole rings is 1. The molecule has 2 amide bonds. The minimum atomic E-state index is -0.141. The number of nitrogens with one attached hydrogen (secondary N) is 1. The number of aryl methyl sites for hydroxylation is 1. The second-order valence-corrected chi connectivity index (χ2v) is 7.20. The highest BCUT2D eigenvalue weighted by Gasteiger charge is 2.33. The minimum absolute atomic E-state index is 0.0214. The summed E-state index contributed by atoms with van der Waals surface area (Å²) in [6.45, 7) is 3.13. The average molecular weight is 369 g/mol. The quantitative estimate of drug-likeness (QED) is 0.757. The van der Waals surface area contributed by atoms with Gasteiger partial charge in [-0.25, -0.2) is 9.78 Å². The summed E-state index contributed by atoms with van der Waals surface area (Å²) in [5, 5.41) is 3.53. The first kappa shape index (κ1) is 16.7. The van der Waals surface area contributed by atoms with E-state index in [1.807, 2.05) is 43.3 Å². The van der Waals surface area contributed by atoms with E-state index in [4.69, 9.17) is 9.47 Å². The molecule has 0 unspecified atom stereocenters. The number of ether oxygens (including phenoxy) is 2. The second-order valence-electron chi connectivity index (χ2n) is 6.21. The van der Waals surface area contributed by atoms with Crippen LogP contribution in [0.2, 0.25) is 0 Å². The number of para-hydroxylation sites is 1. The standard InChI is InChI=1S/C19H19N3O3S/c1-12-5-3-8-16-17(12)21-19(26-16)25-15-10-22(11-15)18(23)20-13-6-4-7-14(9-13)24-2/h3-9,15H,10-11H2,1-2H3,(H,20,23). The first-order valence-corrected chi connectivity index (χ1v) is 9.17. The van der Waals surface area contributed by atoms with Crippen LogP contribution in [0.25, 0.3) is 10.2 Å². The molecule has 0 spiro atoms. The lowest BCUT2D eigenvalue weighted by molar-refractivity contribution is 0.0492. The molecule has 26 heavy (non-hydrogen) atoms. The Morgan fingerprint density at radius 3 is 2.85 bits per heavy atom. The molecule has 134 valence electrons.